The maximum Gasteiger partial charge on any atom is 0.412 e. The van der Waals surface area contributed by atoms with Crippen molar-refractivity contribution in [1.29, 1.82) is 0 Å². The fourth-order valence-electron chi connectivity index (χ4n) is 3.36. The molecule has 3 rings (SSSR count). The molecule has 1 atom stereocenters. The van der Waals surface area contributed by atoms with Gasteiger partial charge in [0.05, 0.1) is 12.2 Å². The molecule has 1 N–H and O–H groups in total. The molecule has 0 saturated heterocycles. The van der Waals surface area contributed by atoms with E-state index >= 15 is 0 Å². The third-order valence-corrected chi connectivity index (χ3v) is 4.50. The number of benzene rings is 1. The predicted molar refractivity (Wildman–Crippen MR) is 94.4 cm³/mol. The number of aromatic nitrogens is 1. The van der Waals surface area contributed by atoms with E-state index in [4.69, 9.17) is 4.74 Å². The van der Waals surface area contributed by atoms with Gasteiger partial charge in [0.1, 0.15) is 11.6 Å². The summed E-state index contributed by atoms with van der Waals surface area (Å²) in [4.78, 5) is 17.5. The van der Waals surface area contributed by atoms with E-state index in [1.807, 2.05) is 12.1 Å². The largest absolute Gasteiger partial charge is 0.412 e. The molecule has 0 saturated carbocycles. The van der Waals surface area contributed by atoms with Crippen molar-refractivity contribution in [3.63, 3.8) is 0 Å². The highest BCUT2D eigenvalue weighted by atomic mass is 19.1. The molecule has 1 aliphatic heterocycles. The summed E-state index contributed by atoms with van der Waals surface area (Å²) in [5.41, 5.74) is 2.85. The average Bonchev–Trinajstić information content (AvgIpc) is 3.03. The number of fused-ring (bicyclic) bond motifs is 1. The molecule has 0 radical (unpaired) electrons. The summed E-state index contributed by atoms with van der Waals surface area (Å²) in [5.74, 6) is 0.246. The SMILES string of the molecule is CCCC(c1ccncc1F)N1CCc2cc(OC(=O)NC)ccc21. The van der Waals surface area contributed by atoms with Gasteiger partial charge in [-0.1, -0.05) is 13.3 Å². The minimum atomic E-state index is -0.488. The number of nitrogens with zero attached hydrogens (tertiary/aromatic N) is 2. The van der Waals surface area contributed by atoms with Crippen molar-refractivity contribution in [1.82, 2.24) is 10.3 Å². The van der Waals surface area contributed by atoms with E-state index in [-0.39, 0.29) is 11.9 Å². The van der Waals surface area contributed by atoms with E-state index in [2.05, 4.69) is 22.1 Å². The van der Waals surface area contributed by atoms with E-state index in [0.29, 0.717) is 11.3 Å². The van der Waals surface area contributed by atoms with Crippen molar-refractivity contribution in [3.05, 3.63) is 53.6 Å². The van der Waals surface area contributed by atoms with Crippen LogP contribution in [0.25, 0.3) is 0 Å². The van der Waals surface area contributed by atoms with Gasteiger partial charge >= 0.3 is 6.09 Å². The number of ether oxygens (including phenoxy) is 1. The number of carbonyl (C=O) groups excluding carboxylic acids is 1. The number of carbonyl (C=O) groups is 1. The lowest BCUT2D eigenvalue weighted by Crippen LogP contribution is -2.27. The van der Waals surface area contributed by atoms with Gasteiger partial charge in [0.25, 0.3) is 0 Å². The van der Waals surface area contributed by atoms with Crippen molar-refractivity contribution in [2.75, 3.05) is 18.5 Å². The summed E-state index contributed by atoms with van der Waals surface area (Å²) in [6.45, 7) is 2.91. The van der Waals surface area contributed by atoms with Crippen LogP contribution in [0.1, 0.15) is 36.9 Å². The lowest BCUT2D eigenvalue weighted by atomic mass is 10.0. The Morgan fingerprint density at radius 3 is 3.00 bits per heavy atom. The fraction of sp³-hybridized carbons (Fsp3) is 0.368. The highest BCUT2D eigenvalue weighted by Crippen LogP contribution is 2.39. The highest BCUT2D eigenvalue weighted by molar-refractivity contribution is 5.71. The second-order valence-electron chi connectivity index (χ2n) is 6.08. The summed E-state index contributed by atoms with van der Waals surface area (Å²) in [5, 5.41) is 2.43. The quantitative estimate of drug-likeness (QED) is 0.896. The van der Waals surface area contributed by atoms with Gasteiger partial charge in [0, 0.05) is 31.0 Å². The minimum Gasteiger partial charge on any atom is -0.410 e. The van der Waals surface area contributed by atoms with Crippen LogP contribution < -0.4 is 15.0 Å². The third kappa shape index (κ3) is 3.57. The first-order chi connectivity index (χ1) is 12.1. The predicted octanol–water partition coefficient (Wildman–Crippen LogP) is 3.84. The number of hydrogen-bond donors (Lipinski definition) is 1. The Kier molecular flexibility index (Phi) is 5.16. The lowest BCUT2D eigenvalue weighted by Gasteiger charge is -2.31. The summed E-state index contributed by atoms with van der Waals surface area (Å²) >= 11 is 0. The van der Waals surface area contributed by atoms with E-state index in [1.54, 1.807) is 18.3 Å². The van der Waals surface area contributed by atoms with Crippen molar-refractivity contribution < 1.29 is 13.9 Å². The van der Waals surface area contributed by atoms with E-state index in [9.17, 15) is 9.18 Å². The molecule has 132 valence electrons. The van der Waals surface area contributed by atoms with E-state index in [1.165, 1.54) is 13.2 Å². The summed E-state index contributed by atoms with van der Waals surface area (Å²) in [6.07, 6.45) is 5.07. The van der Waals surface area contributed by atoms with Crippen molar-refractivity contribution in [2.24, 2.45) is 0 Å². The molecule has 6 heteroatoms. The number of rotatable bonds is 5. The summed E-state index contributed by atoms with van der Waals surface area (Å²) in [7, 11) is 1.52. The first-order valence-corrected chi connectivity index (χ1v) is 8.52. The molecule has 0 fully saturated rings. The van der Waals surface area contributed by atoms with Crippen LogP contribution in [0.15, 0.2) is 36.7 Å². The van der Waals surface area contributed by atoms with Gasteiger partial charge in [-0.2, -0.15) is 0 Å². The maximum absolute atomic E-state index is 14.3. The van der Waals surface area contributed by atoms with Crippen molar-refractivity contribution >= 4 is 11.8 Å². The molecule has 2 aromatic rings. The second kappa shape index (κ2) is 7.51. The first kappa shape index (κ1) is 17.2. The standard InChI is InChI=1S/C19H22FN3O2/c1-3-4-18(15-7-9-22-12-16(15)20)23-10-8-13-11-14(5-6-17(13)23)25-19(24)21-2/h5-7,9,11-12,18H,3-4,8,10H2,1-2H3,(H,21,24). The zero-order valence-electron chi connectivity index (χ0n) is 14.5. The third-order valence-electron chi connectivity index (χ3n) is 4.50. The van der Waals surface area contributed by atoms with Crippen molar-refractivity contribution in [2.45, 2.75) is 32.2 Å². The smallest absolute Gasteiger partial charge is 0.410 e. The molecular formula is C19H22FN3O2. The van der Waals surface area contributed by atoms with Crippen LogP contribution in [-0.2, 0) is 6.42 Å². The Morgan fingerprint density at radius 1 is 1.44 bits per heavy atom. The monoisotopic (exact) mass is 343 g/mol. The molecule has 25 heavy (non-hydrogen) atoms. The Labute approximate surface area is 146 Å². The molecular weight excluding hydrogens is 321 g/mol. The number of halogens is 1. The number of hydrogen-bond acceptors (Lipinski definition) is 4. The molecule has 1 unspecified atom stereocenters. The molecule has 0 spiro atoms. The zero-order chi connectivity index (χ0) is 17.8. The molecule has 5 nitrogen and oxygen atoms in total. The molecule has 0 bridgehead atoms. The molecule has 1 amide bonds. The number of pyridine rings is 1. The Bertz CT molecular complexity index is 766. The van der Waals surface area contributed by atoms with Gasteiger partial charge in [-0.3, -0.25) is 4.98 Å². The normalized spacial score (nSPS) is 14.1. The zero-order valence-corrected chi connectivity index (χ0v) is 14.5. The van der Waals surface area contributed by atoms with Crippen LogP contribution in [-0.4, -0.2) is 24.7 Å². The average molecular weight is 343 g/mol. The van der Waals surface area contributed by atoms with Gasteiger partial charge in [-0.15, -0.1) is 0 Å². The number of anilines is 1. The van der Waals surface area contributed by atoms with Gasteiger partial charge in [-0.25, -0.2) is 9.18 Å². The molecule has 0 aliphatic carbocycles. The van der Waals surface area contributed by atoms with Crippen LogP contribution in [0, 0.1) is 5.82 Å². The van der Waals surface area contributed by atoms with Crippen LogP contribution in [0.2, 0.25) is 0 Å². The lowest BCUT2D eigenvalue weighted by molar-refractivity contribution is 0.203. The number of nitrogens with one attached hydrogen (secondary N) is 1. The van der Waals surface area contributed by atoms with Gasteiger partial charge < -0.3 is 15.0 Å². The Balaban J connectivity index is 1.89. The van der Waals surface area contributed by atoms with E-state index in [0.717, 1.165) is 37.1 Å². The van der Waals surface area contributed by atoms with Gasteiger partial charge in [0.15, 0.2) is 0 Å². The topological polar surface area (TPSA) is 54.5 Å². The Morgan fingerprint density at radius 2 is 2.28 bits per heavy atom. The summed E-state index contributed by atoms with van der Waals surface area (Å²) < 4.78 is 19.5. The maximum atomic E-state index is 14.3. The Hall–Kier alpha value is -2.63. The van der Waals surface area contributed by atoms with Crippen LogP contribution in [0.5, 0.6) is 5.75 Å². The van der Waals surface area contributed by atoms with Crippen molar-refractivity contribution in [3.8, 4) is 5.75 Å². The fourth-order valence-corrected chi connectivity index (χ4v) is 3.36. The summed E-state index contributed by atoms with van der Waals surface area (Å²) in [6, 6.07) is 7.34. The highest BCUT2D eigenvalue weighted by Gasteiger charge is 2.28. The first-order valence-electron chi connectivity index (χ1n) is 8.52. The van der Waals surface area contributed by atoms with Crippen LogP contribution in [0.3, 0.4) is 0 Å². The minimum absolute atomic E-state index is 0.0278. The van der Waals surface area contributed by atoms with Gasteiger partial charge in [-0.05, 0) is 42.7 Å². The second-order valence-corrected chi connectivity index (χ2v) is 6.08. The molecule has 2 heterocycles. The van der Waals surface area contributed by atoms with Crippen LogP contribution >= 0.6 is 0 Å². The van der Waals surface area contributed by atoms with Gasteiger partial charge in [0.2, 0.25) is 0 Å². The molecule has 1 aromatic heterocycles. The van der Waals surface area contributed by atoms with E-state index < -0.39 is 6.09 Å². The molecule has 1 aromatic carbocycles. The number of amides is 1. The van der Waals surface area contributed by atoms with Crippen LogP contribution in [0.4, 0.5) is 14.9 Å². The molecule has 1 aliphatic rings.